The van der Waals surface area contributed by atoms with E-state index < -0.39 is 12.1 Å². The zero-order chi connectivity index (χ0) is 20.7. The van der Waals surface area contributed by atoms with Crippen molar-refractivity contribution in [2.75, 3.05) is 13.7 Å². The van der Waals surface area contributed by atoms with Crippen molar-refractivity contribution in [2.24, 2.45) is 5.92 Å². The lowest BCUT2D eigenvalue weighted by atomic mass is 9.86. The van der Waals surface area contributed by atoms with Crippen LogP contribution in [0.2, 0.25) is 0 Å². The summed E-state index contributed by atoms with van der Waals surface area (Å²) >= 11 is 0. The highest BCUT2D eigenvalue weighted by Crippen LogP contribution is 2.28. The van der Waals surface area contributed by atoms with Crippen LogP contribution in [0.4, 0.5) is 0 Å². The molecule has 1 N–H and O–H groups in total. The Balaban J connectivity index is 1.84. The second-order valence-electron chi connectivity index (χ2n) is 7.22. The van der Waals surface area contributed by atoms with Crippen LogP contribution in [0.3, 0.4) is 0 Å². The molecule has 0 bridgehead atoms. The number of ether oxygens (including phenoxy) is 3. The summed E-state index contributed by atoms with van der Waals surface area (Å²) in [7, 11) is 1.45. The summed E-state index contributed by atoms with van der Waals surface area (Å²) in [5, 5.41) is 2.97. The van der Waals surface area contributed by atoms with E-state index in [9.17, 15) is 14.4 Å². The van der Waals surface area contributed by atoms with E-state index >= 15 is 0 Å². The first-order valence-corrected chi connectivity index (χ1v) is 9.63. The van der Waals surface area contributed by atoms with Crippen LogP contribution >= 0.6 is 0 Å². The maximum absolute atomic E-state index is 12.3. The highest BCUT2D eigenvalue weighted by Gasteiger charge is 2.26. The Morgan fingerprint density at radius 2 is 1.89 bits per heavy atom. The van der Waals surface area contributed by atoms with Gasteiger partial charge in [0.1, 0.15) is 0 Å². The molecule has 7 nitrogen and oxygen atoms in total. The molecule has 154 valence electrons. The normalized spacial score (nSPS) is 20.0. The Kier molecular flexibility index (Phi) is 7.84. The van der Waals surface area contributed by atoms with Crippen molar-refractivity contribution >= 4 is 17.7 Å². The molecule has 0 saturated heterocycles. The minimum Gasteiger partial charge on any atom is -0.493 e. The first-order chi connectivity index (χ1) is 13.3. The van der Waals surface area contributed by atoms with Gasteiger partial charge in [-0.1, -0.05) is 19.8 Å². The molecule has 1 aliphatic carbocycles. The number of ketones is 1. The van der Waals surface area contributed by atoms with E-state index in [1.165, 1.54) is 20.5 Å². The van der Waals surface area contributed by atoms with E-state index in [4.69, 9.17) is 14.2 Å². The summed E-state index contributed by atoms with van der Waals surface area (Å²) in [5.41, 5.74) is 0.481. The molecule has 1 aromatic rings. The number of amides is 1. The van der Waals surface area contributed by atoms with Gasteiger partial charge in [-0.3, -0.25) is 9.59 Å². The van der Waals surface area contributed by atoms with Crippen molar-refractivity contribution in [2.45, 2.75) is 58.6 Å². The average molecular weight is 391 g/mol. The molecule has 0 heterocycles. The van der Waals surface area contributed by atoms with Crippen LogP contribution in [0.15, 0.2) is 18.2 Å². The zero-order valence-electron chi connectivity index (χ0n) is 16.9. The highest BCUT2D eigenvalue weighted by atomic mass is 16.6. The van der Waals surface area contributed by atoms with Gasteiger partial charge in [0.15, 0.2) is 30.0 Å². The third kappa shape index (κ3) is 5.97. The number of benzene rings is 1. The Morgan fingerprint density at radius 1 is 1.18 bits per heavy atom. The van der Waals surface area contributed by atoms with Crippen LogP contribution < -0.4 is 14.8 Å². The lowest BCUT2D eigenvalue weighted by Gasteiger charge is -2.30. The Hall–Kier alpha value is -2.57. The number of hydrogen-bond donors (Lipinski definition) is 1. The van der Waals surface area contributed by atoms with Gasteiger partial charge in [-0.2, -0.15) is 0 Å². The molecular formula is C21H29NO6. The van der Waals surface area contributed by atoms with Gasteiger partial charge < -0.3 is 19.5 Å². The van der Waals surface area contributed by atoms with Crippen molar-refractivity contribution in [3.8, 4) is 11.5 Å². The smallest absolute Gasteiger partial charge is 0.344 e. The standard InChI is InChI=1S/C21H29NO6/c1-13-7-5-6-8-17(13)22-21(25)15(3)28-20(24)12-27-18-10-9-16(14(2)23)11-19(18)26-4/h9-11,13,15,17H,5-8,12H2,1-4H3,(H,22,25)/t13-,15-,17-/m1/s1. The van der Waals surface area contributed by atoms with E-state index in [0.29, 0.717) is 23.0 Å². The van der Waals surface area contributed by atoms with Crippen LogP contribution in [0.25, 0.3) is 0 Å². The molecule has 1 saturated carbocycles. The van der Waals surface area contributed by atoms with Crippen LogP contribution in [-0.4, -0.2) is 43.5 Å². The van der Waals surface area contributed by atoms with Gasteiger partial charge in [0.05, 0.1) is 7.11 Å². The summed E-state index contributed by atoms with van der Waals surface area (Å²) in [6, 6.07) is 4.82. The van der Waals surface area contributed by atoms with E-state index in [-0.39, 0.29) is 24.3 Å². The Bertz CT molecular complexity index is 717. The number of Topliss-reactive ketones (excluding diaryl/α,β-unsaturated/α-hetero) is 1. The van der Waals surface area contributed by atoms with Crippen molar-refractivity contribution in [3.63, 3.8) is 0 Å². The van der Waals surface area contributed by atoms with E-state index in [1.54, 1.807) is 25.1 Å². The van der Waals surface area contributed by atoms with Gasteiger partial charge in [-0.05, 0) is 50.8 Å². The largest absolute Gasteiger partial charge is 0.493 e. The summed E-state index contributed by atoms with van der Waals surface area (Å²) in [4.78, 5) is 35.8. The van der Waals surface area contributed by atoms with Crippen molar-refractivity contribution in [3.05, 3.63) is 23.8 Å². The van der Waals surface area contributed by atoms with Crippen LogP contribution in [0.1, 0.15) is 56.8 Å². The third-order valence-corrected chi connectivity index (χ3v) is 5.03. The summed E-state index contributed by atoms with van der Waals surface area (Å²) in [6.07, 6.45) is 3.44. The number of esters is 1. The van der Waals surface area contributed by atoms with Gasteiger partial charge >= 0.3 is 5.97 Å². The molecule has 0 unspecified atom stereocenters. The second-order valence-corrected chi connectivity index (χ2v) is 7.22. The predicted octanol–water partition coefficient (Wildman–Crippen LogP) is 2.90. The van der Waals surface area contributed by atoms with Gasteiger partial charge in [0.25, 0.3) is 5.91 Å². The quantitative estimate of drug-likeness (QED) is 0.541. The lowest BCUT2D eigenvalue weighted by molar-refractivity contribution is -0.157. The maximum Gasteiger partial charge on any atom is 0.344 e. The van der Waals surface area contributed by atoms with E-state index in [1.807, 2.05) is 0 Å². The molecule has 1 fully saturated rings. The second kappa shape index (κ2) is 10.1. The van der Waals surface area contributed by atoms with Gasteiger partial charge in [-0.25, -0.2) is 4.79 Å². The topological polar surface area (TPSA) is 90.9 Å². The minimum absolute atomic E-state index is 0.101. The average Bonchev–Trinajstić information content (AvgIpc) is 2.67. The summed E-state index contributed by atoms with van der Waals surface area (Å²) in [6.45, 7) is 4.75. The summed E-state index contributed by atoms with van der Waals surface area (Å²) < 4.78 is 15.8. The molecule has 1 amide bonds. The first kappa shape index (κ1) is 21.7. The SMILES string of the molecule is COc1cc(C(C)=O)ccc1OCC(=O)O[C@H](C)C(=O)N[C@@H]1CCCC[C@H]1C. The molecule has 7 heteroatoms. The van der Waals surface area contributed by atoms with Crippen LogP contribution in [0, 0.1) is 5.92 Å². The van der Waals surface area contributed by atoms with Crippen molar-refractivity contribution in [1.29, 1.82) is 0 Å². The van der Waals surface area contributed by atoms with Crippen LogP contribution in [-0.2, 0) is 14.3 Å². The number of carbonyl (C=O) groups excluding carboxylic acids is 3. The molecule has 1 aliphatic rings. The molecular weight excluding hydrogens is 362 g/mol. The molecule has 0 spiro atoms. The fraction of sp³-hybridized carbons (Fsp3) is 0.571. The fourth-order valence-electron chi connectivity index (χ4n) is 3.26. The van der Waals surface area contributed by atoms with E-state index in [0.717, 1.165) is 19.3 Å². The number of rotatable bonds is 8. The molecule has 28 heavy (non-hydrogen) atoms. The maximum atomic E-state index is 12.3. The lowest BCUT2D eigenvalue weighted by Crippen LogP contribution is -2.46. The van der Waals surface area contributed by atoms with Crippen molar-refractivity contribution < 1.29 is 28.6 Å². The summed E-state index contributed by atoms with van der Waals surface area (Å²) in [5.74, 6) is 0.0356. The highest BCUT2D eigenvalue weighted by molar-refractivity contribution is 5.94. The number of methoxy groups -OCH3 is 1. The van der Waals surface area contributed by atoms with Gasteiger partial charge in [0.2, 0.25) is 0 Å². The molecule has 0 aliphatic heterocycles. The monoisotopic (exact) mass is 391 g/mol. The zero-order valence-corrected chi connectivity index (χ0v) is 16.9. The molecule has 2 rings (SSSR count). The predicted molar refractivity (Wildman–Crippen MR) is 104 cm³/mol. The Labute approximate surface area is 165 Å². The number of hydrogen-bond acceptors (Lipinski definition) is 6. The Morgan fingerprint density at radius 3 is 2.54 bits per heavy atom. The first-order valence-electron chi connectivity index (χ1n) is 9.63. The number of nitrogens with one attached hydrogen (secondary N) is 1. The molecule has 0 radical (unpaired) electrons. The van der Waals surface area contributed by atoms with Crippen LogP contribution in [0.5, 0.6) is 11.5 Å². The van der Waals surface area contributed by atoms with Gasteiger partial charge in [0, 0.05) is 11.6 Å². The molecule has 3 atom stereocenters. The minimum atomic E-state index is -0.896. The molecule has 1 aromatic carbocycles. The van der Waals surface area contributed by atoms with E-state index in [2.05, 4.69) is 12.2 Å². The third-order valence-electron chi connectivity index (χ3n) is 5.03. The molecule has 0 aromatic heterocycles. The fourth-order valence-corrected chi connectivity index (χ4v) is 3.26. The number of carbonyl (C=O) groups is 3. The van der Waals surface area contributed by atoms with Crippen molar-refractivity contribution in [1.82, 2.24) is 5.32 Å². The van der Waals surface area contributed by atoms with Gasteiger partial charge in [-0.15, -0.1) is 0 Å².